The molecule has 2 aliphatic rings. The number of nitrogens with zero attached hydrogens (tertiary/aromatic N) is 1. The van der Waals surface area contributed by atoms with E-state index >= 15 is 0 Å². The fourth-order valence-electron chi connectivity index (χ4n) is 2.54. The first-order valence-electron chi connectivity index (χ1n) is 5.75. The number of amides is 1. The average molecular weight is 226 g/mol. The number of carboxylic acids is 1. The zero-order valence-corrected chi connectivity index (χ0v) is 9.48. The van der Waals surface area contributed by atoms with Crippen LogP contribution in [0.4, 0.5) is 0 Å². The molecule has 5 nitrogen and oxygen atoms in total. The predicted molar refractivity (Wildman–Crippen MR) is 57.6 cm³/mol. The molecule has 2 rings (SSSR count). The number of nitrogens with two attached hydrogens (primary N) is 1. The molecule has 1 amide bonds. The molecule has 2 atom stereocenters. The fourth-order valence-corrected chi connectivity index (χ4v) is 2.54. The molecule has 90 valence electrons. The number of rotatable bonds is 2. The van der Waals surface area contributed by atoms with Crippen LogP contribution in [0, 0.1) is 11.8 Å². The van der Waals surface area contributed by atoms with E-state index in [0.717, 1.165) is 19.3 Å². The molecule has 1 heterocycles. The van der Waals surface area contributed by atoms with Crippen molar-refractivity contribution < 1.29 is 14.7 Å². The molecule has 0 bridgehead atoms. The normalized spacial score (nSPS) is 32.2. The number of carboxylic acid groups (broad SMARTS) is 1. The van der Waals surface area contributed by atoms with Gasteiger partial charge in [0.2, 0.25) is 5.91 Å². The lowest BCUT2D eigenvalue weighted by molar-refractivity contribution is -0.143. The summed E-state index contributed by atoms with van der Waals surface area (Å²) in [6.45, 7) is 2.71. The summed E-state index contributed by atoms with van der Waals surface area (Å²) < 4.78 is 0. The molecular formula is C11H18N2O3. The second kappa shape index (κ2) is 3.73. The molecule has 1 aliphatic heterocycles. The van der Waals surface area contributed by atoms with Gasteiger partial charge in [-0.05, 0) is 25.2 Å². The van der Waals surface area contributed by atoms with Crippen LogP contribution in [-0.4, -0.2) is 40.5 Å². The molecule has 1 aliphatic carbocycles. The van der Waals surface area contributed by atoms with Gasteiger partial charge in [-0.25, -0.2) is 0 Å². The maximum atomic E-state index is 12.1. The van der Waals surface area contributed by atoms with Gasteiger partial charge in [0, 0.05) is 13.1 Å². The summed E-state index contributed by atoms with van der Waals surface area (Å²) in [6.07, 6.45) is 2.46. The second-order valence-corrected chi connectivity index (χ2v) is 5.14. The lowest BCUT2D eigenvalue weighted by Gasteiger charge is -2.39. The smallest absolute Gasteiger partial charge is 0.308 e. The Balaban J connectivity index is 2.02. The monoisotopic (exact) mass is 226 g/mol. The third-order valence-corrected chi connectivity index (χ3v) is 3.89. The van der Waals surface area contributed by atoms with Gasteiger partial charge in [0.25, 0.3) is 0 Å². The summed E-state index contributed by atoms with van der Waals surface area (Å²) in [6, 6.07) is 0. The number of hydrogen-bond acceptors (Lipinski definition) is 3. The van der Waals surface area contributed by atoms with Crippen molar-refractivity contribution in [2.24, 2.45) is 17.6 Å². The number of likely N-dealkylation sites (tertiary alicyclic amines) is 1. The van der Waals surface area contributed by atoms with Crippen molar-refractivity contribution in [2.45, 2.75) is 31.7 Å². The number of carbonyl (C=O) groups is 2. The number of aliphatic carboxylic acids is 1. The Kier molecular flexibility index (Phi) is 2.66. The topological polar surface area (TPSA) is 83.6 Å². The van der Waals surface area contributed by atoms with Gasteiger partial charge in [-0.3, -0.25) is 9.59 Å². The summed E-state index contributed by atoms with van der Waals surface area (Å²) in [5.41, 5.74) is 5.25. The van der Waals surface area contributed by atoms with Gasteiger partial charge in [0.1, 0.15) is 0 Å². The van der Waals surface area contributed by atoms with Crippen molar-refractivity contribution in [1.82, 2.24) is 4.90 Å². The van der Waals surface area contributed by atoms with Crippen molar-refractivity contribution in [3.8, 4) is 0 Å². The van der Waals surface area contributed by atoms with E-state index in [1.807, 2.05) is 6.92 Å². The van der Waals surface area contributed by atoms with E-state index in [2.05, 4.69) is 0 Å². The molecule has 3 N–H and O–H groups in total. The van der Waals surface area contributed by atoms with Crippen molar-refractivity contribution in [2.75, 3.05) is 13.1 Å². The number of carbonyl (C=O) groups excluding carboxylic acids is 1. The molecule has 0 aromatic rings. The first-order valence-corrected chi connectivity index (χ1v) is 5.75. The summed E-state index contributed by atoms with van der Waals surface area (Å²) in [5, 5.41) is 8.99. The van der Waals surface area contributed by atoms with Gasteiger partial charge in [-0.15, -0.1) is 0 Å². The van der Waals surface area contributed by atoms with E-state index in [1.54, 1.807) is 4.90 Å². The van der Waals surface area contributed by atoms with Gasteiger partial charge in [0.15, 0.2) is 0 Å². The molecule has 0 aromatic heterocycles. The maximum absolute atomic E-state index is 12.1. The van der Waals surface area contributed by atoms with Crippen LogP contribution in [0.15, 0.2) is 0 Å². The lowest BCUT2D eigenvalue weighted by atomic mass is 9.76. The summed E-state index contributed by atoms with van der Waals surface area (Å²) in [7, 11) is 0. The van der Waals surface area contributed by atoms with Crippen LogP contribution in [0.25, 0.3) is 0 Å². The van der Waals surface area contributed by atoms with Gasteiger partial charge < -0.3 is 15.7 Å². The quantitative estimate of drug-likeness (QED) is 0.696. The average Bonchev–Trinajstić information content (AvgIpc) is 2.55. The molecule has 0 aromatic carbocycles. The van der Waals surface area contributed by atoms with E-state index in [-0.39, 0.29) is 11.8 Å². The van der Waals surface area contributed by atoms with Crippen molar-refractivity contribution >= 4 is 11.9 Å². The molecule has 0 spiro atoms. The Labute approximate surface area is 94.6 Å². The van der Waals surface area contributed by atoms with Crippen LogP contribution in [0.3, 0.4) is 0 Å². The Morgan fingerprint density at radius 3 is 2.38 bits per heavy atom. The first-order chi connectivity index (χ1) is 7.44. The van der Waals surface area contributed by atoms with Crippen molar-refractivity contribution in [3.05, 3.63) is 0 Å². The van der Waals surface area contributed by atoms with Crippen molar-refractivity contribution in [3.63, 3.8) is 0 Å². The summed E-state index contributed by atoms with van der Waals surface area (Å²) in [4.78, 5) is 24.6. The zero-order valence-electron chi connectivity index (χ0n) is 9.48. The fraction of sp³-hybridized carbons (Fsp3) is 0.818. The van der Waals surface area contributed by atoms with Crippen LogP contribution in [-0.2, 0) is 9.59 Å². The van der Waals surface area contributed by atoms with Crippen LogP contribution in [0.2, 0.25) is 0 Å². The molecule has 5 heteroatoms. The maximum Gasteiger partial charge on any atom is 0.308 e. The Hall–Kier alpha value is -1.10. The molecule has 1 saturated carbocycles. The predicted octanol–water partition coefficient (Wildman–Crippen LogP) is 0.0469. The molecule has 2 unspecified atom stereocenters. The Morgan fingerprint density at radius 1 is 1.38 bits per heavy atom. The Morgan fingerprint density at radius 2 is 2.00 bits per heavy atom. The summed E-state index contributed by atoms with van der Waals surface area (Å²) in [5.74, 6) is -1.30. The van der Waals surface area contributed by atoms with E-state index in [0.29, 0.717) is 13.1 Å². The van der Waals surface area contributed by atoms with Gasteiger partial charge in [-0.1, -0.05) is 6.92 Å². The van der Waals surface area contributed by atoms with E-state index in [4.69, 9.17) is 10.8 Å². The minimum absolute atomic E-state index is 0.0186. The van der Waals surface area contributed by atoms with Crippen molar-refractivity contribution in [1.29, 1.82) is 0 Å². The van der Waals surface area contributed by atoms with Crippen LogP contribution >= 0.6 is 0 Å². The highest BCUT2D eigenvalue weighted by Gasteiger charge is 2.46. The molecule has 1 saturated heterocycles. The molecule has 16 heavy (non-hydrogen) atoms. The van der Waals surface area contributed by atoms with Gasteiger partial charge in [-0.2, -0.15) is 0 Å². The Bertz CT molecular complexity index is 325. The lowest BCUT2D eigenvalue weighted by Crippen LogP contribution is -2.59. The van der Waals surface area contributed by atoms with E-state index < -0.39 is 17.4 Å². The first kappa shape index (κ1) is 11.4. The largest absolute Gasteiger partial charge is 0.481 e. The van der Waals surface area contributed by atoms with Gasteiger partial charge >= 0.3 is 5.97 Å². The van der Waals surface area contributed by atoms with Gasteiger partial charge in [0.05, 0.1) is 11.5 Å². The third-order valence-electron chi connectivity index (χ3n) is 3.89. The minimum Gasteiger partial charge on any atom is -0.481 e. The van der Waals surface area contributed by atoms with E-state index in [1.165, 1.54) is 0 Å². The number of hydrogen-bond donors (Lipinski definition) is 2. The highest BCUT2D eigenvalue weighted by molar-refractivity contribution is 5.88. The van der Waals surface area contributed by atoms with Crippen LogP contribution < -0.4 is 5.73 Å². The third kappa shape index (κ3) is 1.69. The van der Waals surface area contributed by atoms with Crippen LogP contribution in [0.1, 0.15) is 26.2 Å². The highest BCUT2D eigenvalue weighted by Crippen LogP contribution is 2.33. The highest BCUT2D eigenvalue weighted by atomic mass is 16.4. The standard InChI is InChI=1S/C11H18N2O3/c1-7-5-13(6-8(7)9(14)15)10(16)11(12)3-2-4-11/h7-8H,2-6,12H2,1H3,(H,14,15). The molecule has 0 radical (unpaired) electrons. The molecular weight excluding hydrogens is 208 g/mol. The SMILES string of the molecule is CC1CN(C(=O)C2(N)CCC2)CC1C(=O)O. The minimum atomic E-state index is -0.817. The van der Waals surface area contributed by atoms with Crippen LogP contribution in [0.5, 0.6) is 0 Å². The summed E-state index contributed by atoms with van der Waals surface area (Å²) >= 11 is 0. The zero-order chi connectivity index (χ0) is 11.9. The molecule has 2 fully saturated rings. The second-order valence-electron chi connectivity index (χ2n) is 5.14. The van der Waals surface area contributed by atoms with E-state index in [9.17, 15) is 9.59 Å².